The first kappa shape index (κ1) is 17.4. The highest BCUT2D eigenvalue weighted by Crippen LogP contribution is 2.39. The topological polar surface area (TPSA) is 66.5 Å². The van der Waals surface area contributed by atoms with Gasteiger partial charge in [-0.1, -0.05) is 17.7 Å². The second-order valence-corrected chi connectivity index (χ2v) is 9.06. The van der Waals surface area contributed by atoms with E-state index in [1.807, 2.05) is 11.8 Å². The zero-order chi connectivity index (χ0) is 18.5. The standard InChI is InChI=1S/C19H19ClN2O3S/c1-12-9-14-10-17(7-8-18(14)22(12)19(23)13-5-6-13)26(24,25)21-16-4-2-3-15(20)11-16/h2-4,7-8,10-13,21H,5-6,9H2,1H3/t12-/m0/s1. The number of carbonyl (C=O) groups is 1. The van der Waals surface area contributed by atoms with Gasteiger partial charge in [0.1, 0.15) is 0 Å². The van der Waals surface area contributed by atoms with Gasteiger partial charge in [-0.05, 0) is 68.1 Å². The molecule has 1 heterocycles. The molecule has 1 saturated carbocycles. The number of nitrogens with zero attached hydrogens (tertiary/aromatic N) is 1. The van der Waals surface area contributed by atoms with Crippen LogP contribution in [-0.2, 0) is 21.2 Å². The predicted molar refractivity (Wildman–Crippen MR) is 102 cm³/mol. The van der Waals surface area contributed by atoms with Gasteiger partial charge in [-0.15, -0.1) is 0 Å². The molecule has 26 heavy (non-hydrogen) atoms. The fourth-order valence-corrected chi connectivity index (χ4v) is 4.69. The molecule has 0 spiro atoms. The molecule has 1 amide bonds. The van der Waals surface area contributed by atoms with Crippen molar-refractivity contribution >= 4 is 38.9 Å². The fourth-order valence-electron chi connectivity index (χ4n) is 3.40. The van der Waals surface area contributed by atoms with Crippen LogP contribution in [0.2, 0.25) is 5.02 Å². The Balaban J connectivity index is 1.63. The van der Waals surface area contributed by atoms with E-state index in [0.29, 0.717) is 17.1 Å². The van der Waals surface area contributed by atoms with E-state index in [4.69, 9.17) is 11.6 Å². The summed E-state index contributed by atoms with van der Waals surface area (Å²) in [5, 5.41) is 0.460. The first-order valence-corrected chi connectivity index (χ1v) is 10.5. The zero-order valence-electron chi connectivity index (χ0n) is 14.3. The summed E-state index contributed by atoms with van der Waals surface area (Å²) in [7, 11) is -3.72. The number of fused-ring (bicyclic) bond motifs is 1. The van der Waals surface area contributed by atoms with Gasteiger partial charge >= 0.3 is 0 Å². The maximum atomic E-state index is 12.7. The molecule has 7 heteroatoms. The number of halogens is 1. The van der Waals surface area contributed by atoms with Gasteiger partial charge in [0.2, 0.25) is 5.91 Å². The summed E-state index contributed by atoms with van der Waals surface area (Å²) < 4.78 is 27.9. The van der Waals surface area contributed by atoms with Crippen molar-refractivity contribution in [1.82, 2.24) is 0 Å². The normalized spacial score (nSPS) is 19.3. The van der Waals surface area contributed by atoms with E-state index in [1.165, 1.54) is 0 Å². The first-order valence-electron chi connectivity index (χ1n) is 8.59. The Morgan fingerprint density at radius 3 is 2.65 bits per heavy atom. The maximum Gasteiger partial charge on any atom is 0.261 e. The highest BCUT2D eigenvalue weighted by molar-refractivity contribution is 7.92. The largest absolute Gasteiger partial charge is 0.309 e. The van der Waals surface area contributed by atoms with Gasteiger partial charge in [0, 0.05) is 22.7 Å². The van der Waals surface area contributed by atoms with Crippen LogP contribution >= 0.6 is 11.6 Å². The lowest BCUT2D eigenvalue weighted by Crippen LogP contribution is -2.36. The fraction of sp³-hybridized carbons (Fsp3) is 0.316. The maximum absolute atomic E-state index is 12.7. The number of amides is 1. The molecule has 5 nitrogen and oxygen atoms in total. The minimum absolute atomic E-state index is 0.0527. The minimum atomic E-state index is -3.72. The minimum Gasteiger partial charge on any atom is -0.309 e. The third-order valence-corrected chi connectivity index (χ3v) is 6.43. The second-order valence-electron chi connectivity index (χ2n) is 6.94. The highest BCUT2D eigenvalue weighted by atomic mass is 35.5. The Bertz CT molecular complexity index is 986. The molecule has 1 aliphatic heterocycles. The summed E-state index contributed by atoms with van der Waals surface area (Å²) in [6.45, 7) is 2.00. The van der Waals surface area contributed by atoms with Crippen LogP contribution in [0.15, 0.2) is 47.4 Å². The van der Waals surface area contributed by atoms with Gasteiger partial charge in [-0.3, -0.25) is 9.52 Å². The van der Waals surface area contributed by atoms with E-state index < -0.39 is 10.0 Å². The van der Waals surface area contributed by atoms with E-state index in [1.54, 1.807) is 42.5 Å². The lowest BCUT2D eigenvalue weighted by atomic mass is 10.1. The molecule has 1 N–H and O–H groups in total. The predicted octanol–water partition coefficient (Wildman–Crippen LogP) is 3.83. The summed E-state index contributed by atoms with van der Waals surface area (Å²) >= 11 is 5.92. The summed E-state index contributed by atoms with van der Waals surface area (Å²) in [5.74, 6) is 0.292. The Hall–Kier alpha value is -2.05. The van der Waals surface area contributed by atoms with Gasteiger partial charge in [0.05, 0.1) is 10.6 Å². The van der Waals surface area contributed by atoms with E-state index >= 15 is 0 Å². The van der Waals surface area contributed by atoms with Gasteiger partial charge in [0.15, 0.2) is 0 Å². The smallest absolute Gasteiger partial charge is 0.261 e. The average Bonchev–Trinajstić information content (AvgIpc) is 3.36. The Morgan fingerprint density at radius 2 is 1.96 bits per heavy atom. The van der Waals surface area contributed by atoms with E-state index in [9.17, 15) is 13.2 Å². The van der Waals surface area contributed by atoms with Crippen molar-refractivity contribution < 1.29 is 13.2 Å². The van der Waals surface area contributed by atoms with Crippen LogP contribution in [0.25, 0.3) is 0 Å². The Kier molecular flexibility index (Phi) is 4.20. The molecule has 0 bridgehead atoms. The van der Waals surface area contributed by atoms with Crippen molar-refractivity contribution in [2.24, 2.45) is 5.92 Å². The second kappa shape index (κ2) is 6.28. The number of nitrogens with one attached hydrogen (secondary N) is 1. The number of rotatable bonds is 4. The van der Waals surface area contributed by atoms with Gasteiger partial charge < -0.3 is 4.90 Å². The van der Waals surface area contributed by atoms with Crippen LogP contribution in [0.1, 0.15) is 25.3 Å². The molecule has 2 aromatic rings. The molecule has 0 saturated heterocycles. The summed E-state index contributed by atoms with van der Waals surface area (Å²) in [4.78, 5) is 14.5. The Labute approximate surface area is 158 Å². The molecule has 1 fully saturated rings. The van der Waals surface area contributed by atoms with Crippen molar-refractivity contribution in [2.75, 3.05) is 9.62 Å². The lowest BCUT2D eigenvalue weighted by molar-refractivity contribution is -0.120. The summed E-state index contributed by atoms with van der Waals surface area (Å²) in [6.07, 6.45) is 2.56. The molecule has 2 aliphatic rings. The third kappa shape index (κ3) is 3.19. The highest BCUT2D eigenvalue weighted by Gasteiger charge is 2.39. The van der Waals surface area contributed by atoms with Crippen molar-refractivity contribution in [3.05, 3.63) is 53.1 Å². The molecule has 136 valence electrons. The number of benzene rings is 2. The monoisotopic (exact) mass is 390 g/mol. The molecule has 0 aromatic heterocycles. The van der Waals surface area contributed by atoms with Gasteiger partial charge in [0.25, 0.3) is 10.0 Å². The van der Waals surface area contributed by atoms with Crippen molar-refractivity contribution in [1.29, 1.82) is 0 Å². The number of carbonyl (C=O) groups excluding carboxylic acids is 1. The molecule has 0 unspecified atom stereocenters. The van der Waals surface area contributed by atoms with Crippen molar-refractivity contribution in [3.63, 3.8) is 0 Å². The van der Waals surface area contributed by atoms with Crippen LogP contribution < -0.4 is 9.62 Å². The van der Waals surface area contributed by atoms with E-state index in [-0.39, 0.29) is 22.8 Å². The molecule has 2 aromatic carbocycles. The van der Waals surface area contributed by atoms with Crippen LogP contribution in [0.5, 0.6) is 0 Å². The number of sulfonamides is 1. The summed E-state index contributed by atoms with van der Waals surface area (Å²) in [5.41, 5.74) is 2.13. The van der Waals surface area contributed by atoms with E-state index in [2.05, 4.69) is 4.72 Å². The molecule has 4 rings (SSSR count). The van der Waals surface area contributed by atoms with Crippen LogP contribution in [0.4, 0.5) is 11.4 Å². The Morgan fingerprint density at radius 1 is 1.19 bits per heavy atom. The van der Waals surface area contributed by atoms with Gasteiger partial charge in [-0.25, -0.2) is 8.42 Å². The van der Waals surface area contributed by atoms with Crippen LogP contribution in [0, 0.1) is 5.92 Å². The quantitative estimate of drug-likeness (QED) is 0.862. The third-order valence-electron chi connectivity index (χ3n) is 4.82. The van der Waals surface area contributed by atoms with Gasteiger partial charge in [-0.2, -0.15) is 0 Å². The molecular formula is C19H19ClN2O3S. The molecule has 1 atom stereocenters. The zero-order valence-corrected chi connectivity index (χ0v) is 15.8. The molecule has 1 aliphatic carbocycles. The number of hydrogen-bond donors (Lipinski definition) is 1. The van der Waals surface area contributed by atoms with Crippen molar-refractivity contribution in [2.45, 2.75) is 37.1 Å². The van der Waals surface area contributed by atoms with E-state index in [0.717, 1.165) is 24.1 Å². The lowest BCUT2D eigenvalue weighted by Gasteiger charge is -2.22. The SMILES string of the molecule is C[C@H]1Cc2cc(S(=O)(=O)Nc3cccc(Cl)c3)ccc2N1C(=O)C1CC1. The summed E-state index contributed by atoms with van der Waals surface area (Å²) in [6, 6.07) is 11.6. The molecular weight excluding hydrogens is 372 g/mol. The molecule has 0 radical (unpaired) electrons. The number of anilines is 2. The van der Waals surface area contributed by atoms with Crippen LogP contribution in [-0.4, -0.2) is 20.4 Å². The van der Waals surface area contributed by atoms with Crippen molar-refractivity contribution in [3.8, 4) is 0 Å². The first-order chi connectivity index (χ1) is 12.3. The van der Waals surface area contributed by atoms with Crippen LogP contribution in [0.3, 0.4) is 0 Å². The number of hydrogen-bond acceptors (Lipinski definition) is 3. The average molecular weight is 391 g/mol.